The maximum absolute atomic E-state index is 12.8. The molecule has 0 spiro atoms. The third-order valence-corrected chi connectivity index (χ3v) is 6.10. The summed E-state index contributed by atoms with van der Waals surface area (Å²) >= 11 is 0. The van der Waals surface area contributed by atoms with Crippen molar-refractivity contribution in [2.24, 2.45) is 23.7 Å². The Bertz CT molecular complexity index is 495. The summed E-state index contributed by atoms with van der Waals surface area (Å²) in [5.41, 5.74) is 1.52. The summed E-state index contributed by atoms with van der Waals surface area (Å²) < 4.78 is 12.8. The van der Waals surface area contributed by atoms with E-state index < -0.39 is 5.83 Å². The molecule has 2 aliphatic rings. The van der Waals surface area contributed by atoms with Crippen molar-refractivity contribution in [1.29, 1.82) is 5.26 Å². The van der Waals surface area contributed by atoms with Crippen molar-refractivity contribution in [3.63, 3.8) is 0 Å². The van der Waals surface area contributed by atoms with Gasteiger partial charge in [0.25, 0.3) is 0 Å². The first kappa shape index (κ1) is 19.0. The third kappa shape index (κ3) is 5.62. The summed E-state index contributed by atoms with van der Waals surface area (Å²) in [4.78, 5) is 0. The van der Waals surface area contributed by atoms with Crippen LogP contribution in [-0.2, 0) is 0 Å². The molecule has 0 N–H and O–H groups in total. The molecule has 0 atom stereocenters. The molecule has 132 valence electrons. The molecule has 0 bridgehead atoms. The number of rotatable bonds is 6. The van der Waals surface area contributed by atoms with Gasteiger partial charge in [-0.1, -0.05) is 44.1 Å². The van der Waals surface area contributed by atoms with E-state index >= 15 is 0 Å². The molecule has 0 aromatic heterocycles. The number of nitrogens with zero attached hydrogens (tertiary/aromatic N) is 1. The fourth-order valence-corrected chi connectivity index (χ4v) is 4.58. The number of hydrogen-bond donors (Lipinski definition) is 0. The van der Waals surface area contributed by atoms with Crippen LogP contribution in [0.3, 0.4) is 0 Å². The fourth-order valence-electron chi connectivity index (χ4n) is 4.58. The van der Waals surface area contributed by atoms with Gasteiger partial charge in [-0.05, 0) is 81.1 Å². The summed E-state index contributed by atoms with van der Waals surface area (Å²) in [6.07, 6.45) is 18.0. The van der Waals surface area contributed by atoms with E-state index in [0.29, 0.717) is 11.8 Å². The molecule has 0 aromatic rings. The SMILES string of the molecule is C=C(C1CCC(/C=C/C=C(\F)C#N)CC1)C1CCC(CCC)CC1. The first-order valence-electron chi connectivity index (χ1n) is 9.76. The highest BCUT2D eigenvalue weighted by atomic mass is 19.1. The molecule has 2 fully saturated rings. The molecule has 0 radical (unpaired) electrons. The number of halogens is 1. The summed E-state index contributed by atoms with van der Waals surface area (Å²) in [7, 11) is 0. The maximum atomic E-state index is 12.8. The molecule has 24 heavy (non-hydrogen) atoms. The zero-order valence-corrected chi connectivity index (χ0v) is 15.1. The largest absolute Gasteiger partial charge is 0.199 e. The number of allylic oxidation sites excluding steroid dienone is 5. The van der Waals surface area contributed by atoms with Gasteiger partial charge in [0.05, 0.1) is 0 Å². The predicted octanol–water partition coefficient (Wildman–Crippen LogP) is 6.89. The van der Waals surface area contributed by atoms with Crippen LogP contribution in [0.1, 0.15) is 71.1 Å². The summed E-state index contributed by atoms with van der Waals surface area (Å²) in [6, 6.07) is 1.50. The minimum Gasteiger partial charge on any atom is -0.195 e. The Balaban J connectivity index is 1.74. The van der Waals surface area contributed by atoms with Gasteiger partial charge in [0.2, 0.25) is 0 Å². The summed E-state index contributed by atoms with van der Waals surface area (Å²) in [5.74, 6) is 2.21. The van der Waals surface area contributed by atoms with Crippen LogP contribution in [0.4, 0.5) is 4.39 Å². The van der Waals surface area contributed by atoms with E-state index in [9.17, 15) is 4.39 Å². The normalized spacial score (nSPS) is 31.8. The van der Waals surface area contributed by atoms with Gasteiger partial charge in [-0.15, -0.1) is 0 Å². The quantitative estimate of drug-likeness (QED) is 0.296. The van der Waals surface area contributed by atoms with Gasteiger partial charge in [-0.25, -0.2) is 0 Å². The molecule has 2 saturated carbocycles. The zero-order chi connectivity index (χ0) is 17.4. The van der Waals surface area contributed by atoms with Gasteiger partial charge < -0.3 is 0 Å². The molecule has 0 saturated heterocycles. The lowest BCUT2D eigenvalue weighted by Gasteiger charge is -2.35. The molecule has 0 aromatic carbocycles. The molecule has 2 aliphatic carbocycles. The second-order valence-electron chi connectivity index (χ2n) is 7.70. The van der Waals surface area contributed by atoms with E-state index in [4.69, 9.17) is 5.26 Å². The van der Waals surface area contributed by atoms with Crippen molar-refractivity contribution in [1.82, 2.24) is 0 Å². The minimum atomic E-state index is -0.716. The third-order valence-electron chi connectivity index (χ3n) is 6.10. The van der Waals surface area contributed by atoms with Crippen molar-refractivity contribution < 1.29 is 4.39 Å². The molecule has 0 unspecified atom stereocenters. The zero-order valence-electron chi connectivity index (χ0n) is 15.1. The van der Waals surface area contributed by atoms with Gasteiger partial charge in [0, 0.05) is 0 Å². The smallest absolute Gasteiger partial charge is 0.195 e. The van der Waals surface area contributed by atoms with E-state index in [1.807, 2.05) is 0 Å². The van der Waals surface area contributed by atoms with E-state index in [1.165, 1.54) is 69.1 Å². The molecule has 2 heteroatoms. The molecular formula is C22H32FN. The van der Waals surface area contributed by atoms with E-state index in [0.717, 1.165) is 24.7 Å². The van der Waals surface area contributed by atoms with Crippen LogP contribution < -0.4 is 0 Å². The molecule has 2 rings (SSSR count). The van der Waals surface area contributed by atoms with Gasteiger partial charge in [0.1, 0.15) is 6.07 Å². The van der Waals surface area contributed by atoms with E-state index in [2.05, 4.69) is 19.6 Å². The molecule has 0 amide bonds. The lowest BCUT2D eigenvalue weighted by atomic mass is 9.70. The van der Waals surface area contributed by atoms with Gasteiger partial charge in [-0.2, -0.15) is 9.65 Å². The average Bonchev–Trinajstić information content (AvgIpc) is 2.62. The highest BCUT2D eigenvalue weighted by Gasteiger charge is 2.28. The van der Waals surface area contributed by atoms with Crippen LogP contribution in [0.2, 0.25) is 0 Å². The lowest BCUT2D eigenvalue weighted by Crippen LogP contribution is -2.22. The number of nitriles is 1. The second kappa shape index (κ2) is 9.82. The topological polar surface area (TPSA) is 23.8 Å². The summed E-state index contributed by atoms with van der Waals surface area (Å²) in [5, 5.41) is 8.40. The van der Waals surface area contributed by atoms with Crippen LogP contribution in [0, 0.1) is 35.0 Å². The van der Waals surface area contributed by atoms with Crippen molar-refractivity contribution >= 4 is 0 Å². The van der Waals surface area contributed by atoms with Crippen molar-refractivity contribution in [2.75, 3.05) is 0 Å². The summed E-state index contributed by atoms with van der Waals surface area (Å²) in [6.45, 7) is 6.78. The Morgan fingerprint density at radius 2 is 1.67 bits per heavy atom. The molecular weight excluding hydrogens is 297 g/mol. The maximum Gasteiger partial charge on any atom is 0.199 e. The second-order valence-corrected chi connectivity index (χ2v) is 7.70. The van der Waals surface area contributed by atoms with Crippen molar-refractivity contribution in [2.45, 2.75) is 71.1 Å². The highest BCUT2D eigenvalue weighted by Crippen LogP contribution is 2.42. The van der Waals surface area contributed by atoms with Gasteiger partial charge >= 0.3 is 0 Å². The Morgan fingerprint density at radius 1 is 1.08 bits per heavy atom. The van der Waals surface area contributed by atoms with Gasteiger partial charge in [0.15, 0.2) is 5.83 Å². The molecule has 1 nitrogen and oxygen atoms in total. The Kier molecular flexibility index (Phi) is 7.76. The van der Waals surface area contributed by atoms with Crippen LogP contribution in [0.25, 0.3) is 0 Å². The Hall–Kier alpha value is -1.36. The van der Waals surface area contributed by atoms with Crippen molar-refractivity contribution in [3.05, 3.63) is 36.2 Å². The van der Waals surface area contributed by atoms with Crippen molar-refractivity contribution in [3.8, 4) is 6.07 Å². The van der Waals surface area contributed by atoms with Gasteiger partial charge in [-0.3, -0.25) is 0 Å². The minimum absolute atomic E-state index is 0.525. The standard InChI is InChI=1S/C22H32FN/c1-3-5-18-8-12-20(13-9-18)17(2)21-14-10-19(11-15-21)6-4-7-22(23)16-24/h4,6-7,18-21H,2-3,5,8-15H2,1H3/b6-4+,22-7-. The number of hydrogen-bond acceptors (Lipinski definition) is 1. The predicted molar refractivity (Wildman–Crippen MR) is 98.9 cm³/mol. The van der Waals surface area contributed by atoms with E-state index in [-0.39, 0.29) is 0 Å². The van der Waals surface area contributed by atoms with Crippen LogP contribution >= 0.6 is 0 Å². The first-order valence-corrected chi connectivity index (χ1v) is 9.76. The lowest BCUT2D eigenvalue weighted by molar-refractivity contribution is 0.255. The van der Waals surface area contributed by atoms with Crippen LogP contribution in [0.15, 0.2) is 36.2 Å². The molecule has 0 heterocycles. The van der Waals surface area contributed by atoms with E-state index in [1.54, 1.807) is 6.08 Å². The Labute approximate surface area is 147 Å². The monoisotopic (exact) mass is 329 g/mol. The first-order chi connectivity index (χ1) is 11.6. The highest BCUT2D eigenvalue weighted by molar-refractivity contribution is 5.19. The van der Waals surface area contributed by atoms with Crippen LogP contribution in [-0.4, -0.2) is 0 Å². The average molecular weight is 330 g/mol. The Morgan fingerprint density at radius 3 is 2.21 bits per heavy atom. The molecule has 0 aliphatic heterocycles. The fraction of sp³-hybridized carbons (Fsp3) is 0.682. The van der Waals surface area contributed by atoms with Crippen LogP contribution in [0.5, 0.6) is 0 Å².